The lowest BCUT2D eigenvalue weighted by molar-refractivity contribution is 0.109. The number of rotatable bonds is 3. The first-order valence-corrected chi connectivity index (χ1v) is 4.47. The van der Waals surface area contributed by atoms with Crippen LogP contribution in [-0.4, -0.2) is 17.4 Å². The summed E-state index contributed by atoms with van der Waals surface area (Å²) >= 11 is 0. The minimum atomic E-state index is 0.314. The molecule has 3 nitrogen and oxygen atoms in total. The molecule has 1 aliphatic carbocycles. The Bertz CT molecular complexity index is 308. The van der Waals surface area contributed by atoms with Crippen LogP contribution in [0.3, 0.4) is 0 Å². The maximum Gasteiger partial charge on any atom is 0.214 e. The number of pyridine rings is 1. The highest BCUT2D eigenvalue weighted by atomic mass is 16.5. The lowest BCUT2D eigenvalue weighted by Gasteiger charge is -2.25. The predicted octanol–water partition coefficient (Wildman–Crippen LogP) is 1.83. The Labute approximate surface area is 76.7 Å². The van der Waals surface area contributed by atoms with E-state index in [1.165, 1.54) is 6.42 Å². The number of hydrogen-bond acceptors (Lipinski definition) is 3. The van der Waals surface area contributed by atoms with Gasteiger partial charge in [-0.05, 0) is 25.3 Å². The number of hydrogen-bond donors (Lipinski definition) is 0. The molecule has 0 aliphatic heterocycles. The molecule has 3 heteroatoms. The van der Waals surface area contributed by atoms with Crippen molar-refractivity contribution in [1.29, 1.82) is 0 Å². The van der Waals surface area contributed by atoms with Crippen LogP contribution in [0.15, 0.2) is 18.2 Å². The fourth-order valence-electron chi connectivity index (χ4n) is 1.22. The molecule has 1 fully saturated rings. The van der Waals surface area contributed by atoms with E-state index in [1.807, 2.05) is 0 Å². The van der Waals surface area contributed by atoms with E-state index in [9.17, 15) is 4.79 Å². The molecular weight excluding hydrogens is 166 g/mol. The van der Waals surface area contributed by atoms with Gasteiger partial charge in [-0.1, -0.05) is 6.07 Å². The monoisotopic (exact) mass is 177 g/mol. The Hall–Kier alpha value is -1.38. The molecule has 1 heterocycles. The van der Waals surface area contributed by atoms with Crippen LogP contribution in [0.25, 0.3) is 0 Å². The van der Waals surface area contributed by atoms with Crippen LogP contribution in [0, 0.1) is 0 Å². The normalized spacial score (nSPS) is 16.3. The van der Waals surface area contributed by atoms with Crippen molar-refractivity contribution < 1.29 is 9.53 Å². The Morgan fingerprint density at radius 2 is 2.31 bits per heavy atom. The third-order valence-corrected chi connectivity index (χ3v) is 2.21. The lowest BCUT2D eigenvalue weighted by Crippen LogP contribution is -2.25. The van der Waals surface area contributed by atoms with Gasteiger partial charge in [-0.15, -0.1) is 0 Å². The van der Waals surface area contributed by atoms with E-state index >= 15 is 0 Å². The predicted molar refractivity (Wildman–Crippen MR) is 47.9 cm³/mol. The Morgan fingerprint density at radius 1 is 1.46 bits per heavy atom. The summed E-state index contributed by atoms with van der Waals surface area (Å²) in [5, 5.41) is 0. The van der Waals surface area contributed by atoms with Gasteiger partial charge in [0, 0.05) is 6.07 Å². The smallest absolute Gasteiger partial charge is 0.214 e. The van der Waals surface area contributed by atoms with Gasteiger partial charge in [-0.25, -0.2) is 4.98 Å². The number of carbonyl (C=O) groups is 1. The average molecular weight is 177 g/mol. The Morgan fingerprint density at radius 3 is 2.92 bits per heavy atom. The molecule has 0 bridgehead atoms. The lowest BCUT2D eigenvalue weighted by atomic mass is 9.96. The van der Waals surface area contributed by atoms with Crippen LogP contribution in [-0.2, 0) is 0 Å². The van der Waals surface area contributed by atoms with Gasteiger partial charge in [0.15, 0.2) is 6.29 Å². The molecule has 2 rings (SSSR count). The molecule has 0 N–H and O–H groups in total. The maximum atomic E-state index is 10.4. The third kappa shape index (κ3) is 1.86. The molecule has 0 atom stereocenters. The van der Waals surface area contributed by atoms with Gasteiger partial charge in [0.25, 0.3) is 0 Å². The quantitative estimate of drug-likeness (QED) is 0.661. The first-order chi connectivity index (χ1) is 6.38. The summed E-state index contributed by atoms with van der Waals surface area (Å²) in [6.45, 7) is 0. The van der Waals surface area contributed by atoms with E-state index in [0.29, 0.717) is 17.7 Å². The van der Waals surface area contributed by atoms with E-state index in [0.717, 1.165) is 19.1 Å². The molecule has 0 saturated heterocycles. The van der Waals surface area contributed by atoms with E-state index < -0.39 is 0 Å². The van der Waals surface area contributed by atoms with Gasteiger partial charge in [0.2, 0.25) is 5.88 Å². The summed E-state index contributed by atoms with van der Waals surface area (Å²) in [4.78, 5) is 14.4. The summed E-state index contributed by atoms with van der Waals surface area (Å²) in [5.74, 6) is 0.564. The van der Waals surface area contributed by atoms with Gasteiger partial charge >= 0.3 is 0 Å². The van der Waals surface area contributed by atoms with Crippen molar-refractivity contribution in [3.8, 4) is 5.88 Å². The van der Waals surface area contributed by atoms with Gasteiger partial charge in [-0.3, -0.25) is 4.79 Å². The molecule has 68 valence electrons. The van der Waals surface area contributed by atoms with Gasteiger partial charge in [0.05, 0.1) is 0 Å². The second-order valence-electron chi connectivity index (χ2n) is 3.19. The van der Waals surface area contributed by atoms with Crippen LogP contribution in [0.1, 0.15) is 29.8 Å². The Kier molecular flexibility index (Phi) is 2.25. The fourth-order valence-corrected chi connectivity index (χ4v) is 1.22. The SMILES string of the molecule is O=Cc1cccc(OC2CCC2)n1. The average Bonchev–Trinajstić information content (AvgIpc) is 2.12. The molecule has 0 unspecified atom stereocenters. The summed E-state index contributed by atoms with van der Waals surface area (Å²) in [6.07, 6.45) is 4.49. The third-order valence-electron chi connectivity index (χ3n) is 2.21. The largest absolute Gasteiger partial charge is 0.474 e. The first kappa shape index (κ1) is 8.23. The van der Waals surface area contributed by atoms with Crippen molar-refractivity contribution in [3.05, 3.63) is 23.9 Å². The van der Waals surface area contributed by atoms with E-state index in [-0.39, 0.29) is 0 Å². The van der Waals surface area contributed by atoms with E-state index in [1.54, 1.807) is 18.2 Å². The van der Waals surface area contributed by atoms with Crippen molar-refractivity contribution in [2.24, 2.45) is 0 Å². The summed E-state index contributed by atoms with van der Waals surface area (Å²) in [5.41, 5.74) is 0.428. The van der Waals surface area contributed by atoms with Gasteiger partial charge in [-0.2, -0.15) is 0 Å². The Balaban J connectivity index is 2.05. The molecule has 1 aromatic rings. The highest BCUT2D eigenvalue weighted by molar-refractivity contribution is 5.71. The standard InChI is InChI=1S/C10H11NO2/c12-7-8-3-1-6-10(11-8)13-9-4-2-5-9/h1,3,6-7,9H,2,4-5H2. The number of carbonyl (C=O) groups excluding carboxylic acids is 1. The summed E-state index contributed by atoms with van der Waals surface area (Å²) in [7, 11) is 0. The van der Waals surface area contributed by atoms with Crippen molar-refractivity contribution >= 4 is 6.29 Å². The van der Waals surface area contributed by atoms with Crippen molar-refractivity contribution in [2.45, 2.75) is 25.4 Å². The molecular formula is C10H11NO2. The first-order valence-electron chi connectivity index (χ1n) is 4.47. The van der Waals surface area contributed by atoms with Crippen molar-refractivity contribution in [3.63, 3.8) is 0 Å². The zero-order valence-electron chi connectivity index (χ0n) is 7.27. The van der Waals surface area contributed by atoms with Crippen molar-refractivity contribution in [2.75, 3.05) is 0 Å². The second kappa shape index (κ2) is 3.56. The second-order valence-corrected chi connectivity index (χ2v) is 3.19. The summed E-state index contributed by atoms with van der Waals surface area (Å²) in [6, 6.07) is 5.23. The maximum absolute atomic E-state index is 10.4. The van der Waals surface area contributed by atoms with Crippen molar-refractivity contribution in [1.82, 2.24) is 4.98 Å². The highest BCUT2D eigenvalue weighted by Gasteiger charge is 2.19. The summed E-state index contributed by atoms with van der Waals surface area (Å²) < 4.78 is 5.52. The number of aromatic nitrogens is 1. The van der Waals surface area contributed by atoms with Crippen LogP contribution in [0.2, 0.25) is 0 Å². The van der Waals surface area contributed by atoms with Crippen LogP contribution in [0.5, 0.6) is 5.88 Å². The van der Waals surface area contributed by atoms with Crippen LogP contribution in [0.4, 0.5) is 0 Å². The van der Waals surface area contributed by atoms with E-state index in [2.05, 4.69) is 4.98 Å². The molecule has 1 aliphatic rings. The van der Waals surface area contributed by atoms with Crippen LogP contribution >= 0.6 is 0 Å². The van der Waals surface area contributed by atoms with Gasteiger partial charge < -0.3 is 4.74 Å². The highest BCUT2D eigenvalue weighted by Crippen LogP contribution is 2.23. The molecule has 0 aromatic carbocycles. The zero-order valence-corrected chi connectivity index (χ0v) is 7.27. The zero-order chi connectivity index (χ0) is 9.10. The molecule has 13 heavy (non-hydrogen) atoms. The minimum Gasteiger partial charge on any atom is -0.474 e. The topological polar surface area (TPSA) is 39.2 Å². The minimum absolute atomic E-state index is 0.314. The number of nitrogens with zero attached hydrogens (tertiary/aromatic N) is 1. The number of ether oxygens (including phenoxy) is 1. The molecule has 0 radical (unpaired) electrons. The molecule has 0 amide bonds. The van der Waals surface area contributed by atoms with Crippen LogP contribution < -0.4 is 4.74 Å². The van der Waals surface area contributed by atoms with Gasteiger partial charge in [0.1, 0.15) is 11.8 Å². The molecule has 1 saturated carbocycles. The fraction of sp³-hybridized carbons (Fsp3) is 0.400. The van der Waals surface area contributed by atoms with E-state index in [4.69, 9.17) is 4.74 Å². The molecule has 0 spiro atoms. The molecule has 1 aromatic heterocycles. The number of aldehydes is 1.